The highest BCUT2D eigenvalue weighted by Gasteiger charge is 2.34. The number of ether oxygens (including phenoxy) is 2. The molecule has 0 fully saturated rings. The number of hydrogen-bond donors (Lipinski definition) is 2. The zero-order valence-corrected chi connectivity index (χ0v) is 21.6. The summed E-state index contributed by atoms with van der Waals surface area (Å²) >= 11 is 0. The minimum absolute atomic E-state index is 0.247. The third kappa shape index (κ3) is 4.95. The maximum absolute atomic E-state index is 13.7. The molecule has 2 N–H and O–H groups in total. The number of rotatable bonds is 7. The van der Waals surface area contributed by atoms with E-state index in [0.717, 1.165) is 27.9 Å². The number of halogens is 1. The Bertz CT molecular complexity index is 1530. The number of nitrogens with one attached hydrogen (secondary N) is 2. The van der Waals surface area contributed by atoms with E-state index in [4.69, 9.17) is 9.47 Å². The van der Waals surface area contributed by atoms with E-state index in [1.807, 2.05) is 51.1 Å². The second-order valence-electron chi connectivity index (χ2n) is 9.19. The Hall–Kier alpha value is -4.66. The van der Waals surface area contributed by atoms with Crippen LogP contribution in [-0.2, 0) is 11.4 Å². The molecule has 194 valence electrons. The van der Waals surface area contributed by atoms with Gasteiger partial charge >= 0.3 is 0 Å². The molecule has 5 rings (SSSR count). The third-order valence-electron chi connectivity index (χ3n) is 6.48. The van der Waals surface area contributed by atoms with Gasteiger partial charge in [-0.15, -0.1) is 0 Å². The second-order valence-corrected chi connectivity index (χ2v) is 9.19. The highest BCUT2D eigenvalue weighted by Crippen LogP contribution is 2.39. The number of hydrogen-bond acceptors (Lipinski definition) is 6. The normalized spacial score (nSPS) is 14.5. The maximum atomic E-state index is 13.7. The molecule has 1 atom stereocenters. The van der Waals surface area contributed by atoms with E-state index in [1.54, 1.807) is 30.0 Å². The summed E-state index contributed by atoms with van der Waals surface area (Å²) in [7, 11) is 1.56. The molecule has 0 saturated heterocycles. The van der Waals surface area contributed by atoms with E-state index < -0.39 is 6.04 Å². The summed E-state index contributed by atoms with van der Waals surface area (Å²) in [5, 5.41) is 10.7. The highest BCUT2D eigenvalue weighted by molar-refractivity contribution is 6.06. The van der Waals surface area contributed by atoms with E-state index in [9.17, 15) is 9.18 Å². The van der Waals surface area contributed by atoms with Gasteiger partial charge in [-0.2, -0.15) is 10.1 Å². The monoisotopic (exact) mass is 513 g/mol. The fourth-order valence-electron chi connectivity index (χ4n) is 4.55. The number of nitrogens with zero attached hydrogens (tertiary/aromatic N) is 3. The van der Waals surface area contributed by atoms with Crippen molar-refractivity contribution in [1.82, 2.24) is 14.8 Å². The summed E-state index contributed by atoms with van der Waals surface area (Å²) in [6, 6.07) is 17.0. The van der Waals surface area contributed by atoms with Gasteiger partial charge in [0.25, 0.3) is 5.91 Å². The number of aryl methyl sites for hydroxylation is 2. The molecular formula is C29H28FN5O3. The lowest BCUT2D eigenvalue weighted by atomic mass is 9.94. The number of anilines is 2. The van der Waals surface area contributed by atoms with Crippen LogP contribution in [-0.4, -0.2) is 27.8 Å². The molecule has 0 saturated carbocycles. The number of aromatic nitrogens is 3. The van der Waals surface area contributed by atoms with Crippen LogP contribution in [0.25, 0.3) is 0 Å². The van der Waals surface area contributed by atoms with E-state index in [0.29, 0.717) is 28.7 Å². The first-order valence-corrected chi connectivity index (χ1v) is 12.1. The van der Waals surface area contributed by atoms with Crippen LogP contribution in [0.5, 0.6) is 11.5 Å². The predicted molar refractivity (Wildman–Crippen MR) is 143 cm³/mol. The fraction of sp³-hybridized carbons (Fsp3) is 0.207. The summed E-state index contributed by atoms with van der Waals surface area (Å²) in [6.07, 6.45) is 1.45. The summed E-state index contributed by atoms with van der Waals surface area (Å²) in [6.45, 7) is 6.07. The largest absolute Gasteiger partial charge is 0.493 e. The van der Waals surface area contributed by atoms with Crippen LogP contribution in [0.1, 0.15) is 35.2 Å². The van der Waals surface area contributed by atoms with Gasteiger partial charge in [-0.25, -0.2) is 9.07 Å². The maximum Gasteiger partial charge on any atom is 0.255 e. The molecule has 1 aromatic heterocycles. The number of benzene rings is 3. The molecule has 0 spiro atoms. The van der Waals surface area contributed by atoms with E-state index in [-0.39, 0.29) is 18.3 Å². The van der Waals surface area contributed by atoms with Gasteiger partial charge in [-0.1, -0.05) is 35.9 Å². The van der Waals surface area contributed by atoms with Crippen LogP contribution in [0, 0.1) is 19.7 Å². The van der Waals surface area contributed by atoms with Crippen molar-refractivity contribution in [2.24, 2.45) is 0 Å². The summed E-state index contributed by atoms with van der Waals surface area (Å²) in [4.78, 5) is 18.0. The summed E-state index contributed by atoms with van der Waals surface area (Å²) in [5.41, 5.74) is 5.61. The molecular weight excluding hydrogens is 485 g/mol. The Balaban J connectivity index is 1.47. The van der Waals surface area contributed by atoms with Gasteiger partial charge in [0.1, 0.15) is 24.8 Å². The molecule has 0 aliphatic carbocycles. The van der Waals surface area contributed by atoms with E-state index >= 15 is 0 Å². The van der Waals surface area contributed by atoms with Crippen LogP contribution < -0.4 is 20.1 Å². The van der Waals surface area contributed by atoms with E-state index in [2.05, 4.69) is 20.7 Å². The standard InChI is InChI=1S/C29H28FN5O3/c1-17-5-11-23(18(2)13-17)34-28(36)26-19(3)33-29-31-16-32-35(29)27(26)21-8-12-24(25(14-21)37-4)38-15-20-6-9-22(30)10-7-20/h5-14,16,27H,15H2,1-4H3,(H,34,36)(H,31,32,33)/t27-/m1/s1. The van der Waals surface area contributed by atoms with Crippen molar-refractivity contribution < 1.29 is 18.7 Å². The zero-order chi connectivity index (χ0) is 26.8. The first-order chi connectivity index (χ1) is 18.3. The molecule has 0 radical (unpaired) electrons. The molecule has 0 unspecified atom stereocenters. The van der Waals surface area contributed by atoms with Crippen LogP contribution in [0.15, 0.2) is 78.3 Å². The van der Waals surface area contributed by atoms with Gasteiger partial charge in [0.15, 0.2) is 11.5 Å². The number of allylic oxidation sites excluding steroid dienone is 1. The number of carbonyl (C=O) groups is 1. The van der Waals surface area contributed by atoms with Gasteiger partial charge in [-0.05, 0) is 67.8 Å². The Morgan fingerprint density at radius 1 is 1.05 bits per heavy atom. The number of fused-ring (bicyclic) bond motifs is 1. The number of amides is 1. The topological polar surface area (TPSA) is 90.3 Å². The molecule has 1 aliphatic rings. The van der Waals surface area contributed by atoms with Crippen molar-refractivity contribution in [3.05, 3.63) is 106 Å². The first-order valence-electron chi connectivity index (χ1n) is 12.1. The minimum Gasteiger partial charge on any atom is -0.493 e. The van der Waals surface area contributed by atoms with Crippen molar-refractivity contribution in [2.75, 3.05) is 17.7 Å². The lowest BCUT2D eigenvalue weighted by Crippen LogP contribution is -2.31. The number of carbonyl (C=O) groups excluding carboxylic acids is 1. The fourth-order valence-corrected chi connectivity index (χ4v) is 4.55. The smallest absolute Gasteiger partial charge is 0.255 e. The average Bonchev–Trinajstić information content (AvgIpc) is 3.37. The third-order valence-corrected chi connectivity index (χ3v) is 6.48. The molecule has 9 heteroatoms. The van der Waals surface area contributed by atoms with Gasteiger partial charge < -0.3 is 20.1 Å². The van der Waals surface area contributed by atoms with Crippen LogP contribution in [0.4, 0.5) is 16.0 Å². The van der Waals surface area contributed by atoms with Crippen LogP contribution in [0.2, 0.25) is 0 Å². The molecule has 0 bridgehead atoms. The first kappa shape index (κ1) is 25.0. The molecule has 1 amide bonds. The molecule has 2 heterocycles. The Labute approximate surface area is 220 Å². The van der Waals surface area contributed by atoms with Crippen molar-refractivity contribution in [3.63, 3.8) is 0 Å². The van der Waals surface area contributed by atoms with Gasteiger partial charge in [0, 0.05) is 11.4 Å². The Kier molecular flexibility index (Phi) is 6.83. The lowest BCUT2D eigenvalue weighted by Gasteiger charge is -2.29. The van der Waals surface area contributed by atoms with Crippen molar-refractivity contribution in [3.8, 4) is 11.5 Å². The van der Waals surface area contributed by atoms with Gasteiger partial charge in [0.05, 0.1) is 12.7 Å². The minimum atomic E-state index is -0.556. The molecule has 3 aromatic carbocycles. The Morgan fingerprint density at radius 2 is 1.84 bits per heavy atom. The number of methoxy groups -OCH3 is 1. The highest BCUT2D eigenvalue weighted by atomic mass is 19.1. The van der Waals surface area contributed by atoms with Gasteiger partial charge in [-0.3, -0.25) is 4.79 Å². The van der Waals surface area contributed by atoms with Crippen molar-refractivity contribution >= 4 is 17.5 Å². The van der Waals surface area contributed by atoms with Crippen LogP contribution >= 0.6 is 0 Å². The lowest BCUT2D eigenvalue weighted by molar-refractivity contribution is -0.113. The molecule has 38 heavy (non-hydrogen) atoms. The van der Waals surface area contributed by atoms with Gasteiger partial charge in [0.2, 0.25) is 5.95 Å². The van der Waals surface area contributed by atoms with Crippen molar-refractivity contribution in [1.29, 1.82) is 0 Å². The SMILES string of the molecule is COc1cc([C@@H]2C(C(=O)Nc3ccc(C)cc3C)=C(C)Nc3ncnn32)ccc1OCc1ccc(F)cc1. The predicted octanol–water partition coefficient (Wildman–Crippen LogP) is 5.55. The summed E-state index contributed by atoms with van der Waals surface area (Å²) < 4.78 is 26.5. The molecule has 8 nitrogen and oxygen atoms in total. The summed E-state index contributed by atoms with van der Waals surface area (Å²) in [5.74, 6) is 1.01. The quantitative estimate of drug-likeness (QED) is 0.337. The zero-order valence-electron chi connectivity index (χ0n) is 21.6. The molecule has 4 aromatic rings. The van der Waals surface area contributed by atoms with Crippen molar-refractivity contribution in [2.45, 2.75) is 33.4 Å². The van der Waals surface area contributed by atoms with Crippen LogP contribution in [0.3, 0.4) is 0 Å². The molecule has 1 aliphatic heterocycles. The Morgan fingerprint density at radius 3 is 2.58 bits per heavy atom. The second kappa shape index (κ2) is 10.4. The van der Waals surface area contributed by atoms with E-state index in [1.165, 1.54) is 18.5 Å². The average molecular weight is 514 g/mol.